The number of ether oxygens (including phenoxy) is 1. The molecule has 1 rings (SSSR count). The van der Waals surface area contributed by atoms with Crippen molar-refractivity contribution in [3.63, 3.8) is 0 Å². The summed E-state index contributed by atoms with van der Waals surface area (Å²) < 4.78 is 4.98. The second-order valence-corrected chi connectivity index (χ2v) is 6.81. The van der Waals surface area contributed by atoms with Crippen LogP contribution in [0.2, 0.25) is 0 Å². The Hall–Kier alpha value is -1.62. The molecule has 0 fully saturated rings. The van der Waals surface area contributed by atoms with Gasteiger partial charge >= 0.3 is 5.97 Å². The number of esters is 1. The molecule has 0 atom stereocenters. The van der Waals surface area contributed by atoms with Crippen LogP contribution in [0.25, 0.3) is 0 Å². The third kappa shape index (κ3) is 6.99. The molecule has 4 nitrogen and oxygen atoms in total. The average molecular weight is 337 g/mol. The molecule has 1 N–H and O–H groups in total. The summed E-state index contributed by atoms with van der Waals surface area (Å²) in [6, 6.07) is 7.19. The predicted molar refractivity (Wildman–Crippen MR) is 99.9 cm³/mol. The Morgan fingerprint density at radius 3 is 2.09 bits per heavy atom. The van der Waals surface area contributed by atoms with Crippen molar-refractivity contribution >= 4 is 29.0 Å². The van der Waals surface area contributed by atoms with E-state index in [4.69, 9.17) is 17.0 Å². The van der Waals surface area contributed by atoms with E-state index in [9.17, 15) is 4.79 Å². The van der Waals surface area contributed by atoms with Gasteiger partial charge < -0.3 is 15.0 Å². The summed E-state index contributed by atoms with van der Waals surface area (Å²) in [6.07, 6.45) is 0. The third-order valence-corrected chi connectivity index (χ3v) is 3.47. The summed E-state index contributed by atoms with van der Waals surface area (Å²) in [5.41, 5.74) is 1.42. The molecule has 0 aliphatic heterocycles. The van der Waals surface area contributed by atoms with Gasteiger partial charge in [0.2, 0.25) is 0 Å². The van der Waals surface area contributed by atoms with E-state index in [2.05, 4.69) is 37.9 Å². The highest BCUT2D eigenvalue weighted by Gasteiger charge is 2.13. The Kier molecular flexibility index (Phi) is 8.03. The zero-order chi connectivity index (χ0) is 17.4. The molecule has 0 aliphatic carbocycles. The maximum Gasteiger partial charge on any atom is 0.338 e. The quantitative estimate of drug-likeness (QED) is 0.598. The highest BCUT2D eigenvalue weighted by molar-refractivity contribution is 7.80. The van der Waals surface area contributed by atoms with Gasteiger partial charge in [-0.05, 0) is 55.2 Å². The van der Waals surface area contributed by atoms with E-state index in [0.717, 1.165) is 23.9 Å². The number of carbonyl (C=O) groups excluding carboxylic acids is 1. The van der Waals surface area contributed by atoms with E-state index in [0.29, 0.717) is 24.0 Å². The van der Waals surface area contributed by atoms with E-state index >= 15 is 0 Å². The van der Waals surface area contributed by atoms with Crippen molar-refractivity contribution in [2.75, 3.05) is 25.0 Å². The highest BCUT2D eigenvalue weighted by atomic mass is 32.1. The first-order valence-corrected chi connectivity index (χ1v) is 8.57. The third-order valence-electron chi connectivity index (χ3n) is 3.11. The minimum Gasteiger partial charge on any atom is -0.462 e. The monoisotopic (exact) mass is 336 g/mol. The minimum atomic E-state index is -0.303. The van der Waals surface area contributed by atoms with Crippen molar-refractivity contribution in [3.8, 4) is 0 Å². The first-order valence-electron chi connectivity index (χ1n) is 8.16. The molecule has 5 heteroatoms. The van der Waals surface area contributed by atoms with Crippen molar-refractivity contribution < 1.29 is 9.53 Å². The summed E-state index contributed by atoms with van der Waals surface area (Å²) in [5.74, 6) is 0.780. The number of anilines is 1. The van der Waals surface area contributed by atoms with Crippen LogP contribution in [0.5, 0.6) is 0 Å². The Balaban J connectivity index is 2.72. The van der Waals surface area contributed by atoms with E-state index in [1.807, 2.05) is 12.1 Å². The summed E-state index contributed by atoms with van der Waals surface area (Å²) in [4.78, 5) is 13.9. The van der Waals surface area contributed by atoms with Crippen molar-refractivity contribution in [2.45, 2.75) is 34.6 Å². The Morgan fingerprint density at radius 2 is 1.65 bits per heavy atom. The molecular weight excluding hydrogens is 308 g/mol. The van der Waals surface area contributed by atoms with Gasteiger partial charge in [-0.2, -0.15) is 0 Å². The molecule has 0 heterocycles. The molecule has 0 aromatic heterocycles. The van der Waals surface area contributed by atoms with Crippen LogP contribution in [0.3, 0.4) is 0 Å². The Morgan fingerprint density at radius 1 is 1.13 bits per heavy atom. The van der Waals surface area contributed by atoms with Crippen LogP contribution in [0.4, 0.5) is 5.69 Å². The predicted octanol–water partition coefficient (Wildman–Crippen LogP) is 4.17. The number of benzene rings is 1. The van der Waals surface area contributed by atoms with Crippen molar-refractivity contribution in [3.05, 3.63) is 29.8 Å². The van der Waals surface area contributed by atoms with Gasteiger partial charge in [-0.15, -0.1) is 0 Å². The van der Waals surface area contributed by atoms with Crippen LogP contribution in [-0.2, 0) is 4.74 Å². The van der Waals surface area contributed by atoms with E-state index in [1.165, 1.54) is 0 Å². The Bertz CT molecular complexity index is 502. The molecule has 0 amide bonds. The van der Waals surface area contributed by atoms with E-state index in [-0.39, 0.29) is 5.97 Å². The van der Waals surface area contributed by atoms with Gasteiger partial charge in [-0.3, -0.25) is 0 Å². The van der Waals surface area contributed by atoms with Crippen LogP contribution in [0.15, 0.2) is 24.3 Å². The molecule has 0 saturated carbocycles. The number of carbonyl (C=O) groups is 1. The Labute approximate surface area is 145 Å². The van der Waals surface area contributed by atoms with Gasteiger partial charge in [0.25, 0.3) is 0 Å². The molecule has 0 radical (unpaired) electrons. The lowest BCUT2D eigenvalue weighted by Gasteiger charge is -2.29. The summed E-state index contributed by atoms with van der Waals surface area (Å²) in [6.45, 7) is 12.8. The van der Waals surface area contributed by atoms with Gasteiger partial charge in [-0.25, -0.2) is 4.79 Å². The lowest BCUT2D eigenvalue weighted by atomic mass is 10.1. The zero-order valence-corrected chi connectivity index (χ0v) is 15.6. The van der Waals surface area contributed by atoms with Crippen molar-refractivity contribution in [1.29, 1.82) is 0 Å². The maximum atomic E-state index is 11.7. The maximum absolute atomic E-state index is 11.7. The number of thiocarbonyl (C=S) groups is 1. The van der Waals surface area contributed by atoms with Gasteiger partial charge in [0.05, 0.1) is 12.2 Å². The molecule has 1 aromatic rings. The second-order valence-electron chi connectivity index (χ2n) is 6.42. The topological polar surface area (TPSA) is 41.6 Å². The molecular formula is C18H28N2O2S. The summed E-state index contributed by atoms with van der Waals surface area (Å²) in [7, 11) is 0. The number of nitrogens with zero attached hydrogens (tertiary/aromatic N) is 1. The highest BCUT2D eigenvalue weighted by Crippen LogP contribution is 2.13. The largest absolute Gasteiger partial charge is 0.462 e. The van der Waals surface area contributed by atoms with Gasteiger partial charge in [0.15, 0.2) is 5.11 Å². The summed E-state index contributed by atoms with van der Waals surface area (Å²) >= 11 is 5.54. The molecule has 0 aliphatic rings. The smallest absolute Gasteiger partial charge is 0.338 e. The fourth-order valence-corrected chi connectivity index (χ4v) is 2.50. The van der Waals surface area contributed by atoms with Crippen molar-refractivity contribution in [2.24, 2.45) is 11.8 Å². The van der Waals surface area contributed by atoms with E-state index < -0.39 is 0 Å². The standard InChI is InChI=1S/C18H28N2O2S/c1-6-22-17(21)15-7-9-16(10-8-15)19-18(23)20(11-13(2)3)12-14(4)5/h7-10,13-14H,6,11-12H2,1-5H3,(H,19,23). The van der Waals surface area contributed by atoms with Crippen LogP contribution < -0.4 is 5.32 Å². The van der Waals surface area contributed by atoms with Crippen LogP contribution in [0, 0.1) is 11.8 Å². The lowest BCUT2D eigenvalue weighted by molar-refractivity contribution is 0.0526. The SMILES string of the molecule is CCOC(=O)c1ccc(NC(=S)N(CC(C)C)CC(C)C)cc1. The molecule has 0 saturated heterocycles. The number of rotatable bonds is 7. The van der Waals surface area contributed by atoms with Crippen LogP contribution in [0.1, 0.15) is 45.0 Å². The number of hydrogen-bond donors (Lipinski definition) is 1. The normalized spacial score (nSPS) is 10.7. The first-order chi connectivity index (χ1) is 10.8. The fraction of sp³-hybridized carbons (Fsp3) is 0.556. The number of nitrogens with one attached hydrogen (secondary N) is 1. The molecule has 1 aromatic carbocycles. The fourth-order valence-electron chi connectivity index (χ4n) is 2.23. The van der Waals surface area contributed by atoms with Gasteiger partial charge in [-0.1, -0.05) is 27.7 Å². The molecule has 0 bridgehead atoms. The van der Waals surface area contributed by atoms with Crippen molar-refractivity contribution in [1.82, 2.24) is 4.90 Å². The molecule has 0 spiro atoms. The van der Waals surface area contributed by atoms with Gasteiger partial charge in [0, 0.05) is 18.8 Å². The van der Waals surface area contributed by atoms with Crippen LogP contribution >= 0.6 is 12.2 Å². The van der Waals surface area contributed by atoms with E-state index in [1.54, 1.807) is 19.1 Å². The molecule has 128 valence electrons. The molecule has 23 heavy (non-hydrogen) atoms. The minimum absolute atomic E-state index is 0.303. The van der Waals surface area contributed by atoms with Crippen LogP contribution in [-0.4, -0.2) is 35.7 Å². The zero-order valence-electron chi connectivity index (χ0n) is 14.8. The number of hydrogen-bond acceptors (Lipinski definition) is 3. The lowest BCUT2D eigenvalue weighted by Crippen LogP contribution is -2.39. The molecule has 0 unspecified atom stereocenters. The average Bonchev–Trinajstić information content (AvgIpc) is 2.46. The first kappa shape index (κ1) is 19.4. The summed E-state index contributed by atoms with van der Waals surface area (Å²) in [5, 5.41) is 3.97. The van der Waals surface area contributed by atoms with Gasteiger partial charge in [0.1, 0.15) is 0 Å². The second kappa shape index (κ2) is 9.50.